The Hall–Kier alpha value is -0.730. The van der Waals surface area contributed by atoms with E-state index in [-0.39, 0.29) is 0 Å². The molecule has 1 unspecified atom stereocenters. The minimum atomic E-state index is 0.640. The lowest BCUT2D eigenvalue weighted by molar-refractivity contribution is 0.428. The highest BCUT2D eigenvalue weighted by molar-refractivity contribution is 6.30. The molecular weight excluding hydrogens is 196 g/mol. The van der Waals surface area contributed by atoms with Gasteiger partial charge in [-0.3, -0.25) is 0 Å². The van der Waals surface area contributed by atoms with Gasteiger partial charge in [-0.05, 0) is 43.7 Å². The molecule has 1 aromatic rings. The zero-order valence-electron chi connectivity index (χ0n) is 8.12. The molecule has 1 heterocycles. The second-order valence-corrected chi connectivity index (χ2v) is 4.13. The minimum Gasteiger partial charge on any atom is -0.368 e. The van der Waals surface area contributed by atoms with Crippen LogP contribution in [0, 0.1) is 0 Å². The summed E-state index contributed by atoms with van der Waals surface area (Å²) in [4.78, 5) is 2.39. The maximum absolute atomic E-state index is 5.84. The van der Waals surface area contributed by atoms with Crippen molar-refractivity contribution < 1.29 is 0 Å². The van der Waals surface area contributed by atoms with E-state index in [1.165, 1.54) is 12.1 Å². The lowest BCUT2D eigenvalue weighted by atomic mass is 9.98. The Morgan fingerprint density at radius 1 is 1.36 bits per heavy atom. The first-order valence-corrected chi connectivity index (χ1v) is 5.41. The number of halogens is 1. The third kappa shape index (κ3) is 1.86. The first kappa shape index (κ1) is 9.81. The van der Waals surface area contributed by atoms with Crippen LogP contribution < -0.4 is 10.6 Å². The summed E-state index contributed by atoms with van der Waals surface area (Å²) in [6, 6.07) is 8.67. The van der Waals surface area contributed by atoms with Gasteiger partial charge in [-0.15, -0.1) is 0 Å². The molecule has 1 saturated heterocycles. The Labute approximate surface area is 89.7 Å². The number of rotatable bonds is 3. The molecule has 2 nitrogen and oxygen atoms in total. The summed E-state index contributed by atoms with van der Waals surface area (Å²) in [7, 11) is 0. The van der Waals surface area contributed by atoms with Crippen LogP contribution in [0.2, 0.25) is 5.02 Å². The SMILES string of the molecule is NCCC1CCN1c1ccc(Cl)cc1. The van der Waals surface area contributed by atoms with Gasteiger partial charge in [0.15, 0.2) is 0 Å². The second kappa shape index (κ2) is 4.20. The normalized spacial score (nSPS) is 20.7. The predicted octanol–water partition coefficient (Wildman–Crippen LogP) is 2.27. The van der Waals surface area contributed by atoms with Crippen LogP contribution in [-0.2, 0) is 0 Å². The lowest BCUT2D eigenvalue weighted by Crippen LogP contribution is -2.48. The van der Waals surface area contributed by atoms with Crippen LogP contribution in [0.4, 0.5) is 5.69 Å². The van der Waals surface area contributed by atoms with Crippen LogP contribution in [0.3, 0.4) is 0 Å². The average Bonchev–Trinajstić information content (AvgIpc) is 2.16. The van der Waals surface area contributed by atoms with E-state index < -0.39 is 0 Å². The third-order valence-electron chi connectivity index (χ3n) is 2.80. The molecule has 0 amide bonds. The minimum absolute atomic E-state index is 0.640. The molecule has 0 aromatic heterocycles. The molecule has 0 radical (unpaired) electrons. The highest BCUT2D eigenvalue weighted by Gasteiger charge is 2.26. The Morgan fingerprint density at radius 2 is 2.07 bits per heavy atom. The average molecular weight is 211 g/mol. The lowest BCUT2D eigenvalue weighted by Gasteiger charge is -2.43. The number of hydrogen-bond acceptors (Lipinski definition) is 2. The highest BCUT2D eigenvalue weighted by Crippen LogP contribution is 2.28. The fourth-order valence-corrected chi connectivity index (χ4v) is 2.03. The van der Waals surface area contributed by atoms with Crippen LogP contribution in [0.25, 0.3) is 0 Å². The smallest absolute Gasteiger partial charge is 0.0407 e. The molecule has 76 valence electrons. The van der Waals surface area contributed by atoms with Gasteiger partial charge >= 0.3 is 0 Å². The zero-order chi connectivity index (χ0) is 9.97. The van der Waals surface area contributed by atoms with Crippen LogP contribution in [0.5, 0.6) is 0 Å². The van der Waals surface area contributed by atoms with Crippen LogP contribution in [0.1, 0.15) is 12.8 Å². The van der Waals surface area contributed by atoms with E-state index in [0.717, 1.165) is 24.5 Å². The summed E-state index contributed by atoms with van der Waals surface area (Å²) in [5.41, 5.74) is 6.82. The standard InChI is InChI=1S/C11H15ClN2/c12-9-1-3-10(4-2-9)14-8-6-11(14)5-7-13/h1-4,11H,5-8,13H2. The summed E-state index contributed by atoms with van der Waals surface area (Å²) in [5, 5.41) is 0.796. The van der Waals surface area contributed by atoms with Crippen molar-refractivity contribution in [1.29, 1.82) is 0 Å². The molecule has 1 aromatic carbocycles. The van der Waals surface area contributed by atoms with Crippen molar-refractivity contribution in [3.63, 3.8) is 0 Å². The van der Waals surface area contributed by atoms with Gasteiger partial charge in [-0.1, -0.05) is 11.6 Å². The molecule has 1 atom stereocenters. The Bertz CT molecular complexity index is 297. The van der Waals surface area contributed by atoms with E-state index in [1.807, 2.05) is 12.1 Å². The summed E-state index contributed by atoms with van der Waals surface area (Å²) in [6.07, 6.45) is 2.35. The monoisotopic (exact) mass is 210 g/mol. The Morgan fingerprint density at radius 3 is 2.57 bits per heavy atom. The van der Waals surface area contributed by atoms with Gasteiger partial charge in [-0.2, -0.15) is 0 Å². The van der Waals surface area contributed by atoms with Gasteiger partial charge < -0.3 is 10.6 Å². The van der Waals surface area contributed by atoms with Gasteiger partial charge in [0.25, 0.3) is 0 Å². The van der Waals surface area contributed by atoms with Crippen LogP contribution in [0.15, 0.2) is 24.3 Å². The maximum Gasteiger partial charge on any atom is 0.0407 e. The predicted molar refractivity (Wildman–Crippen MR) is 60.9 cm³/mol. The van der Waals surface area contributed by atoms with E-state index in [9.17, 15) is 0 Å². The van der Waals surface area contributed by atoms with Crippen molar-refractivity contribution in [3.8, 4) is 0 Å². The number of hydrogen-bond donors (Lipinski definition) is 1. The van der Waals surface area contributed by atoms with Gasteiger partial charge in [-0.25, -0.2) is 0 Å². The largest absolute Gasteiger partial charge is 0.368 e. The van der Waals surface area contributed by atoms with E-state index >= 15 is 0 Å². The van der Waals surface area contributed by atoms with Gasteiger partial charge in [0, 0.05) is 23.3 Å². The number of nitrogens with two attached hydrogens (primary N) is 1. The molecule has 1 fully saturated rings. The fourth-order valence-electron chi connectivity index (χ4n) is 1.91. The molecule has 3 heteroatoms. The van der Waals surface area contributed by atoms with Crippen molar-refractivity contribution in [2.45, 2.75) is 18.9 Å². The summed E-state index contributed by atoms with van der Waals surface area (Å²) >= 11 is 5.84. The summed E-state index contributed by atoms with van der Waals surface area (Å²) < 4.78 is 0. The molecule has 0 spiro atoms. The van der Waals surface area contributed by atoms with Crippen molar-refractivity contribution in [3.05, 3.63) is 29.3 Å². The van der Waals surface area contributed by atoms with E-state index in [1.54, 1.807) is 0 Å². The first-order chi connectivity index (χ1) is 6.81. The number of nitrogens with zero attached hydrogens (tertiary/aromatic N) is 1. The quantitative estimate of drug-likeness (QED) is 0.830. The van der Waals surface area contributed by atoms with Crippen LogP contribution >= 0.6 is 11.6 Å². The third-order valence-corrected chi connectivity index (χ3v) is 3.05. The Kier molecular flexibility index (Phi) is 2.94. The van der Waals surface area contributed by atoms with Crippen molar-refractivity contribution >= 4 is 17.3 Å². The molecule has 2 rings (SSSR count). The number of anilines is 1. The highest BCUT2D eigenvalue weighted by atomic mass is 35.5. The molecule has 14 heavy (non-hydrogen) atoms. The molecule has 1 aliphatic heterocycles. The van der Waals surface area contributed by atoms with Gasteiger partial charge in [0.1, 0.15) is 0 Å². The molecule has 0 saturated carbocycles. The van der Waals surface area contributed by atoms with E-state index in [2.05, 4.69) is 17.0 Å². The van der Waals surface area contributed by atoms with Gasteiger partial charge in [0.2, 0.25) is 0 Å². The van der Waals surface area contributed by atoms with Crippen LogP contribution in [-0.4, -0.2) is 19.1 Å². The summed E-state index contributed by atoms with van der Waals surface area (Å²) in [5.74, 6) is 0. The molecule has 2 N–H and O–H groups in total. The maximum atomic E-state index is 5.84. The molecule has 1 aliphatic rings. The molecule has 0 aliphatic carbocycles. The molecule has 0 bridgehead atoms. The fraction of sp³-hybridized carbons (Fsp3) is 0.455. The van der Waals surface area contributed by atoms with E-state index in [4.69, 9.17) is 17.3 Å². The van der Waals surface area contributed by atoms with E-state index in [0.29, 0.717) is 6.04 Å². The van der Waals surface area contributed by atoms with Crippen molar-refractivity contribution in [2.75, 3.05) is 18.0 Å². The van der Waals surface area contributed by atoms with Gasteiger partial charge in [0.05, 0.1) is 0 Å². The van der Waals surface area contributed by atoms with Crippen molar-refractivity contribution in [2.24, 2.45) is 5.73 Å². The molecular formula is C11H15ClN2. The van der Waals surface area contributed by atoms with Crippen molar-refractivity contribution in [1.82, 2.24) is 0 Å². The Balaban J connectivity index is 2.04. The zero-order valence-corrected chi connectivity index (χ0v) is 8.87. The topological polar surface area (TPSA) is 29.3 Å². The number of benzene rings is 1. The first-order valence-electron chi connectivity index (χ1n) is 5.03. The summed E-state index contributed by atoms with van der Waals surface area (Å²) in [6.45, 7) is 1.92. The second-order valence-electron chi connectivity index (χ2n) is 3.69.